The van der Waals surface area contributed by atoms with Crippen LogP contribution in [-0.4, -0.2) is 23.3 Å². The Bertz CT molecular complexity index is 688. The Balaban J connectivity index is 2.07. The van der Waals surface area contributed by atoms with Gasteiger partial charge in [-0.1, -0.05) is 45.9 Å². The van der Waals surface area contributed by atoms with Crippen molar-refractivity contribution in [1.82, 2.24) is 10.6 Å². The molecular weight excluding hydrogens is 400 g/mol. The van der Waals surface area contributed by atoms with E-state index in [1.807, 2.05) is 50.2 Å². The molecule has 0 aliphatic heterocycles. The van der Waals surface area contributed by atoms with Crippen molar-refractivity contribution in [3.8, 4) is 0 Å². The van der Waals surface area contributed by atoms with E-state index in [0.29, 0.717) is 10.2 Å². The first-order valence-electron chi connectivity index (χ1n) is 8.26. The molecule has 2 rings (SSSR count). The van der Waals surface area contributed by atoms with E-state index in [-0.39, 0.29) is 0 Å². The van der Waals surface area contributed by atoms with Crippen LogP contribution in [0.15, 0.2) is 58.3 Å². The van der Waals surface area contributed by atoms with Crippen molar-refractivity contribution in [3.05, 3.63) is 48.5 Å². The minimum absolute atomic E-state index is 0.628. The molecule has 4 nitrogen and oxygen atoms in total. The van der Waals surface area contributed by atoms with Gasteiger partial charge in [-0.25, -0.2) is 0 Å². The number of rotatable bonds is 7. The second-order valence-corrected chi connectivity index (χ2v) is 8.16. The van der Waals surface area contributed by atoms with E-state index >= 15 is 0 Å². The maximum Gasteiger partial charge on any atom is 0.170 e. The number of anilines is 2. The van der Waals surface area contributed by atoms with Crippen molar-refractivity contribution in [2.24, 2.45) is 0 Å². The van der Waals surface area contributed by atoms with Gasteiger partial charge in [0.25, 0.3) is 0 Å². The van der Waals surface area contributed by atoms with Gasteiger partial charge >= 0.3 is 0 Å². The van der Waals surface area contributed by atoms with Gasteiger partial charge in [0.2, 0.25) is 0 Å². The van der Waals surface area contributed by atoms with Crippen molar-refractivity contribution in [2.75, 3.05) is 23.7 Å². The van der Waals surface area contributed by atoms with Gasteiger partial charge in [0.05, 0.1) is 11.4 Å². The molecule has 0 saturated carbocycles. The summed E-state index contributed by atoms with van der Waals surface area (Å²) in [6, 6.07) is 16.2. The molecule has 0 atom stereocenters. The molecule has 0 aliphatic rings. The standard InChI is InChI=1S/C18H22N4S4/c1-3-19-17(23)21-13-9-5-7-11-15(13)25-26-16-12-8-6-10-14(16)22-18(24)20-4-2/h5-12H,3-4H2,1-2H3,(H2,19,21,23)(H2,20,22,24). The zero-order valence-corrected chi connectivity index (χ0v) is 17.9. The molecule has 0 saturated heterocycles. The fourth-order valence-corrected chi connectivity index (χ4v) is 4.81. The normalized spacial score (nSPS) is 10.1. The maximum absolute atomic E-state index is 5.30. The highest BCUT2D eigenvalue weighted by molar-refractivity contribution is 8.76. The van der Waals surface area contributed by atoms with E-state index in [4.69, 9.17) is 24.4 Å². The Morgan fingerprint density at radius 1 is 0.731 bits per heavy atom. The lowest BCUT2D eigenvalue weighted by Gasteiger charge is -2.14. The van der Waals surface area contributed by atoms with E-state index < -0.39 is 0 Å². The Morgan fingerprint density at radius 2 is 1.12 bits per heavy atom. The predicted molar refractivity (Wildman–Crippen MR) is 124 cm³/mol. The van der Waals surface area contributed by atoms with Crippen LogP contribution in [0.25, 0.3) is 0 Å². The Kier molecular flexibility index (Phi) is 9.04. The number of hydrogen-bond acceptors (Lipinski definition) is 4. The number of hydrogen-bond donors (Lipinski definition) is 4. The molecule has 0 bridgehead atoms. The van der Waals surface area contributed by atoms with Gasteiger partial charge in [-0.3, -0.25) is 0 Å². The molecule has 0 spiro atoms. The molecule has 0 aromatic heterocycles. The fourth-order valence-electron chi connectivity index (χ4n) is 2.03. The molecule has 0 amide bonds. The molecule has 4 N–H and O–H groups in total. The average Bonchev–Trinajstić information content (AvgIpc) is 2.62. The second kappa shape index (κ2) is 11.3. The molecular formula is C18H22N4S4. The third-order valence-electron chi connectivity index (χ3n) is 3.17. The number of thiocarbonyl (C=S) groups is 2. The van der Waals surface area contributed by atoms with Crippen LogP contribution in [-0.2, 0) is 0 Å². The predicted octanol–water partition coefficient (Wildman–Crippen LogP) is 5.10. The molecule has 2 aromatic carbocycles. The van der Waals surface area contributed by atoms with Crippen LogP contribution in [0, 0.1) is 0 Å². The van der Waals surface area contributed by atoms with Crippen molar-refractivity contribution in [2.45, 2.75) is 23.6 Å². The highest BCUT2D eigenvalue weighted by atomic mass is 33.1. The SMILES string of the molecule is CCNC(=S)Nc1ccccc1SSc1ccccc1NC(=S)NCC. The second-order valence-electron chi connectivity index (χ2n) is 5.13. The number of benzene rings is 2. The summed E-state index contributed by atoms with van der Waals surface area (Å²) in [5.74, 6) is 0. The Labute approximate surface area is 173 Å². The van der Waals surface area contributed by atoms with Crippen molar-refractivity contribution in [1.29, 1.82) is 0 Å². The summed E-state index contributed by atoms with van der Waals surface area (Å²) < 4.78 is 0. The van der Waals surface area contributed by atoms with Gasteiger partial charge in [0, 0.05) is 22.9 Å². The zero-order chi connectivity index (χ0) is 18.8. The lowest BCUT2D eigenvalue weighted by Crippen LogP contribution is -2.28. The quantitative estimate of drug-likeness (QED) is 0.363. The highest BCUT2D eigenvalue weighted by Crippen LogP contribution is 2.43. The maximum atomic E-state index is 5.30. The highest BCUT2D eigenvalue weighted by Gasteiger charge is 2.08. The van der Waals surface area contributed by atoms with Gasteiger partial charge in [-0.15, -0.1) is 0 Å². The molecule has 0 aliphatic carbocycles. The van der Waals surface area contributed by atoms with E-state index in [0.717, 1.165) is 34.3 Å². The van der Waals surface area contributed by atoms with Gasteiger partial charge in [0.1, 0.15) is 0 Å². The summed E-state index contributed by atoms with van der Waals surface area (Å²) in [7, 11) is 3.36. The Morgan fingerprint density at radius 3 is 1.50 bits per heavy atom. The van der Waals surface area contributed by atoms with Gasteiger partial charge in [-0.2, -0.15) is 0 Å². The zero-order valence-electron chi connectivity index (χ0n) is 14.7. The molecule has 138 valence electrons. The molecule has 0 heterocycles. The summed E-state index contributed by atoms with van der Waals surface area (Å²) in [4.78, 5) is 2.23. The minimum Gasteiger partial charge on any atom is -0.363 e. The van der Waals surface area contributed by atoms with Crippen LogP contribution in [0.4, 0.5) is 11.4 Å². The molecule has 8 heteroatoms. The van der Waals surface area contributed by atoms with Crippen molar-refractivity contribution < 1.29 is 0 Å². The summed E-state index contributed by atoms with van der Waals surface area (Å²) in [5.41, 5.74) is 1.98. The van der Waals surface area contributed by atoms with Crippen molar-refractivity contribution in [3.63, 3.8) is 0 Å². The average molecular weight is 423 g/mol. The first kappa shape index (κ1) is 20.8. The third kappa shape index (κ3) is 6.68. The fraction of sp³-hybridized carbons (Fsp3) is 0.222. The summed E-state index contributed by atoms with van der Waals surface area (Å²) in [5, 5.41) is 14.0. The lowest BCUT2D eigenvalue weighted by molar-refractivity contribution is 0.978. The van der Waals surface area contributed by atoms with E-state index in [1.54, 1.807) is 21.6 Å². The summed E-state index contributed by atoms with van der Waals surface area (Å²) in [6.45, 7) is 5.62. The molecule has 2 aromatic rings. The molecule has 26 heavy (non-hydrogen) atoms. The lowest BCUT2D eigenvalue weighted by atomic mass is 10.3. The van der Waals surface area contributed by atoms with Crippen molar-refractivity contribution >= 4 is 67.6 Å². The third-order valence-corrected chi connectivity index (χ3v) is 6.14. The largest absolute Gasteiger partial charge is 0.363 e. The van der Waals surface area contributed by atoms with Gasteiger partial charge in [-0.05, 0) is 62.5 Å². The number of para-hydroxylation sites is 2. The van der Waals surface area contributed by atoms with Crippen LogP contribution in [0.3, 0.4) is 0 Å². The molecule has 0 fully saturated rings. The topological polar surface area (TPSA) is 48.1 Å². The monoisotopic (exact) mass is 422 g/mol. The van der Waals surface area contributed by atoms with Gasteiger partial charge < -0.3 is 21.3 Å². The Hall–Kier alpha value is -1.48. The van der Waals surface area contributed by atoms with E-state index in [2.05, 4.69) is 33.4 Å². The first-order chi connectivity index (χ1) is 12.6. The van der Waals surface area contributed by atoms with Crippen LogP contribution >= 0.6 is 46.0 Å². The molecule has 0 unspecified atom stereocenters. The van der Waals surface area contributed by atoms with Crippen LogP contribution in [0.2, 0.25) is 0 Å². The smallest absolute Gasteiger partial charge is 0.170 e. The van der Waals surface area contributed by atoms with Crippen LogP contribution in [0.1, 0.15) is 13.8 Å². The van der Waals surface area contributed by atoms with Crippen LogP contribution in [0.5, 0.6) is 0 Å². The summed E-state index contributed by atoms with van der Waals surface area (Å²) >= 11 is 10.6. The first-order valence-corrected chi connectivity index (χ1v) is 11.2. The van der Waals surface area contributed by atoms with E-state index in [9.17, 15) is 0 Å². The molecule has 0 radical (unpaired) electrons. The number of nitrogens with one attached hydrogen (secondary N) is 4. The van der Waals surface area contributed by atoms with Crippen LogP contribution < -0.4 is 21.3 Å². The summed E-state index contributed by atoms with van der Waals surface area (Å²) in [6.07, 6.45) is 0. The van der Waals surface area contributed by atoms with E-state index in [1.165, 1.54) is 0 Å². The van der Waals surface area contributed by atoms with Gasteiger partial charge in [0.15, 0.2) is 10.2 Å². The minimum atomic E-state index is 0.628.